The number of benzene rings is 1. The Morgan fingerprint density at radius 1 is 1.53 bits per heavy atom. The maximum absolute atomic E-state index is 13.8. The van der Waals surface area contributed by atoms with Crippen molar-refractivity contribution in [2.24, 2.45) is 12.8 Å². The number of hydrogen-bond donors (Lipinski definition) is 2. The van der Waals surface area contributed by atoms with E-state index in [0.29, 0.717) is 27.2 Å². The van der Waals surface area contributed by atoms with Crippen LogP contribution in [-0.4, -0.2) is 14.8 Å². The van der Waals surface area contributed by atoms with E-state index in [0.717, 1.165) is 0 Å². The normalized spacial score (nSPS) is 10.5. The van der Waals surface area contributed by atoms with E-state index in [2.05, 4.69) is 26.3 Å². The maximum Gasteiger partial charge on any atom is 0.147 e. The first-order valence-corrected chi connectivity index (χ1v) is 6.65. The highest BCUT2D eigenvalue weighted by Crippen LogP contribution is 2.26. The van der Waals surface area contributed by atoms with Crippen molar-refractivity contribution in [2.45, 2.75) is 6.92 Å². The summed E-state index contributed by atoms with van der Waals surface area (Å²) < 4.78 is 16.1. The Morgan fingerprint density at radius 2 is 2.21 bits per heavy atom. The van der Waals surface area contributed by atoms with E-state index in [-0.39, 0.29) is 10.8 Å². The standard InChI is InChI=1S/C12H12BrFN4S/c1-6-10(11(15)19)12(18(2)17-6)16-9-4-3-7(13)5-8(9)14/h3-5,16H,1-2H3,(H2,15,19). The number of anilines is 2. The van der Waals surface area contributed by atoms with E-state index in [4.69, 9.17) is 18.0 Å². The molecule has 0 unspecified atom stereocenters. The molecule has 0 saturated heterocycles. The van der Waals surface area contributed by atoms with Crippen LogP contribution in [0.25, 0.3) is 0 Å². The minimum Gasteiger partial charge on any atom is -0.389 e. The molecule has 0 amide bonds. The Labute approximate surface area is 123 Å². The van der Waals surface area contributed by atoms with Crippen molar-refractivity contribution >= 4 is 44.6 Å². The molecule has 1 aromatic heterocycles. The third kappa shape index (κ3) is 2.76. The molecule has 1 aromatic carbocycles. The summed E-state index contributed by atoms with van der Waals surface area (Å²) in [6.07, 6.45) is 0. The minimum atomic E-state index is -0.373. The van der Waals surface area contributed by atoms with Crippen LogP contribution in [0.2, 0.25) is 0 Å². The molecule has 100 valence electrons. The highest BCUT2D eigenvalue weighted by atomic mass is 79.9. The molecule has 4 nitrogen and oxygen atoms in total. The van der Waals surface area contributed by atoms with Crippen LogP contribution in [0.3, 0.4) is 0 Å². The maximum atomic E-state index is 13.8. The summed E-state index contributed by atoms with van der Waals surface area (Å²) in [6, 6.07) is 4.76. The Kier molecular flexibility index (Phi) is 3.86. The summed E-state index contributed by atoms with van der Waals surface area (Å²) in [6.45, 7) is 1.80. The molecule has 2 aromatic rings. The number of aromatic nitrogens is 2. The molecular formula is C12H12BrFN4S. The van der Waals surface area contributed by atoms with Crippen LogP contribution < -0.4 is 11.1 Å². The summed E-state index contributed by atoms with van der Waals surface area (Å²) in [7, 11) is 1.74. The van der Waals surface area contributed by atoms with Crippen molar-refractivity contribution < 1.29 is 4.39 Å². The van der Waals surface area contributed by atoms with Crippen molar-refractivity contribution in [3.63, 3.8) is 0 Å². The highest BCUT2D eigenvalue weighted by Gasteiger charge is 2.16. The second-order valence-electron chi connectivity index (χ2n) is 4.05. The molecule has 0 aliphatic heterocycles. The van der Waals surface area contributed by atoms with Crippen LogP contribution in [0.5, 0.6) is 0 Å². The van der Waals surface area contributed by atoms with Gasteiger partial charge in [-0.1, -0.05) is 28.1 Å². The van der Waals surface area contributed by atoms with Crippen molar-refractivity contribution in [1.29, 1.82) is 0 Å². The number of aryl methyl sites for hydroxylation is 2. The van der Waals surface area contributed by atoms with E-state index in [9.17, 15) is 4.39 Å². The average molecular weight is 343 g/mol. The lowest BCUT2D eigenvalue weighted by molar-refractivity contribution is 0.630. The van der Waals surface area contributed by atoms with Gasteiger partial charge in [-0.3, -0.25) is 4.68 Å². The zero-order valence-electron chi connectivity index (χ0n) is 10.4. The number of thiocarbonyl (C=S) groups is 1. The van der Waals surface area contributed by atoms with Crippen molar-refractivity contribution in [2.75, 3.05) is 5.32 Å². The first-order chi connectivity index (χ1) is 8.90. The fourth-order valence-electron chi connectivity index (χ4n) is 1.81. The quantitative estimate of drug-likeness (QED) is 0.842. The number of nitrogens with two attached hydrogens (primary N) is 1. The molecule has 0 atom stereocenters. The SMILES string of the molecule is Cc1nn(C)c(Nc2ccc(Br)cc2F)c1C(N)=S. The fourth-order valence-corrected chi connectivity index (χ4v) is 2.39. The molecule has 0 aliphatic rings. The summed E-state index contributed by atoms with van der Waals surface area (Å²) in [5, 5.41) is 7.21. The molecule has 0 fully saturated rings. The lowest BCUT2D eigenvalue weighted by Gasteiger charge is -2.10. The predicted molar refractivity (Wildman–Crippen MR) is 81.2 cm³/mol. The van der Waals surface area contributed by atoms with E-state index in [1.807, 2.05) is 0 Å². The van der Waals surface area contributed by atoms with Crippen LogP contribution in [0.1, 0.15) is 11.3 Å². The second-order valence-corrected chi connectivity index (χ2v) is 5.40. The second kappa shape index (κ2) is 5.26. The minimum absolute atomic E-state index is 0.227. The zero-order chi connectivity index (χ0) is 14.2. The van der Waals surface area contributed by atoms with Crippen LogP contribution in [0.4, 0.5) is 15.9 Å². The Balaban J connectivity index is 2.46. The molecule has 2 rings (SSSR count). The monoisotopic (exact) mass is 342 g/mol. The van der Waals surface area contributed by atoms with Crippen molar-refractivity contribution in [3.05, 3.63) is 39.7 Å². The van der Waals surface area contributed by atoms with Gasteiger partial charge in [-0.15, -0.1) is 0 Å². The third-order valence-electron chi connectivity index (χ3n) is 2.65. The summed E-state index contributed by atoms with van der Waals surface area (Å²) in [5.74, 6) is 0.202. The molecule has 0 saturated carbocycles. The van der Waals surface area contributed by atoms with Crippen molar-refractivity contribution in [1.82, 2.24) is 9.78 Å². The van der Waals surface area contributed by atoms with Gasteiger partial charge in [-0.2, -0.15) is 5.10 Å². The van der Waals surface area contributed by atoms with Crippen LogP contribution in [0, 0.1) is 12.7 Å². The third-order valence-corrected chi connectivity index (χ3v) is 3.35. The summed E-state index contributed by atoms with van der Waals surface area (Å²) in [4.78, 5) is 0.227. The van der Waals surface area contributed by atoms with E-state index in [1.165, 1.54) is 6.07 Å². The lowest BCUT2D eigenvalue weighted by Crippen LogP contribution is -2.13. The van der Waals surface area contributed by atoms with E-state index >= 15 is 0 Å². The zero-order valence-corrected chi connectivity index (χ0v) is 12.8. The van der Waals surface area contributed by atoms with Crippen LogP contribution in [0.15, 0.2) is 22.7 Å². The Morgan fingerprint density at radius 3 is 2.79 bits per heavy atom. The van der Waals surface area contributed by atoms with Crippen LogP contribution >= 0.6 is 28.1 Å². The van der Waals surface area contributed by atoms with Gasteiger partial charge in [0.2, 0.25) is 0 Å². The Bertz CT molecular complexity index is 653. The molecular weight excluding hydrogens is 331 g/mol. The first-order valence-electron chi connectivity index (χ1n) is 5.45. The van der Waals surface area contributed by atoms with Gasteiger partial charge in [0, 0.05) is 11.5 Å². The number of halogens is 2. The summed E-state index contributed by atoms with van der Waals surface area (Å²) in [5.41, 5.74) is 7.35. The van der Waals surface area contributed by atoms with Gasteiger partial charge in [-0.25, -0.2) is 4.39 Å². The van der Waals surface area contributed by atoms with Gasteiger partial charge in [0.1, 0.15) is 16.6 Å². The molecule has 0 bridgehead atoms. The van der Waals surface area contributed by atoms with Gasteiger partial charge >= 0.3 is 0 Å². The number of hydrogen-bond acceptors (Lipinski definition) is 3. The number of nitrogens with one attached hydrogen (secondary N) is 1. The lowest BCUT2D eigenvalue weighted by atomic mass is 10.2. The highest BCUT2D eigenvalue weighted by molar-refractivity contribution is 9.10. The van der Waals surface area contributed by atoms with Gasteiger partial charge in [0.15, 0.2) is 0 Å². The largest absolute Gasteiger partial charge is 0.389 e. The number of nitrogens with zero attached hydrogens (tertiary/aromatic N) is 2. The fraction of sp³-hybridized carbons (Fsp3) is 0.167. The molecule has 0 spiro atoms. The molecule has 19 heavy (non-hydrogen) atoms. The topological polar surface area (TPSA) is 55.9 Å². The molecule has 3 N–H and O–H groups in total. The average Bonchev–Trinajstić information content (AvgIpc) is 2.57. The smallest absolute Gasteiger partial charge is 0.147 e. The number of rotatable bonds is 3. The van der Waals surface area contributed by atoms with Gasteiger partial charge < -0.3 is 11.1 Å². The van der Waals surface area contributed by atoms with Crippen molar-refractivity contribution in [3.8, 4) is 0 Å². The molecule has 7 heteroatoms. The van der Waals surface area contributed by atoms with Crippen LogP contribution in [-0.2, 0) is 7.05 Å². The summed E-state index contributed by atoms with van der Waals surface area (Å²) >= 11 is 8.22. The predicted octanol–water partition coefficient (Wildman–Crippen LogP) is 3.01. The molecule has 1 heterocycles. The van der Waals surface area contributed by atoms with E-state index < -0.39 is 0 Å². The van der Waals surface area contributed by atoms with Gasteiger partial charge in [-0.05, 0) is 25.1 Å². The van der Waals surface area contributed by atoms with Gasteiger partial charge in [0.05, 0.1) is 16.9 Å². The first kappa shape index (κ1) is 14.0. The van der Waals surface area contributed by atoms with E-state index in [1.54, 1.807) is 30.8 Å². The molecule has 0 aliphatic carbocycles. The molecule has 0 radical (unpaired) electrons. The van der Waals surface area contributed by atoms with Gasteiger partial charge in [0.25, 0.3) is 0 Å². The Hall–Kier alpha value is -1.47.